The number of rotatable bonds is 4. The molecule has 0 saturated heterocycles. The summed E-state index contributed by atoms with van der Waals surface area (Å²) in [6, 6.07) is 5.63. The molecule has 2 rings (SSSR count). The average molecular weight is 318 g/mol. The second-order valence-corrected chi connectivity index (χ2v) is 7.27. The molecule has 5 heteroatoms. The molecule has 0 saturated carbocycles. The molecule has 0 aliphatic rings. The highest BCUT2D eigenvalue weighted by atomic mass is 32.1. The number of hydrogen-bond acceptors (Lipinski definition) is 4. The van der Waals surface area contributed by atoms with Gasteiger partial charge in [0.1, 0.15) is 17.4 Å². The number of nitrogens with one attached hydrogen (secondary N) is 1. The van der Waals surface area contributed by atoms with Gasteiger partial charge in [0.05, 0.1) is 5.69 Å². The maximum Gasteiger partial charge on any atom is 0.221 e. The van der Waals surface area contributed by atoms with E-state index in [1.165, 1.54) is 6.92 Å². The van der Waals surface area contributed by atoms with Crippen LogP contribution in [-0.4, -0.2) is 10.9 Å². The summed E-state index contributed by atoms with van der Waals surface area (Å²) in [5.41, 5.74) is 2.94. The Kier molecular flexibility index (Phi) is 4.86. The Bertz CT molecular complexity index is 672. The fraction of sp³-hybridized carbons (Fsp3) is 0.412. The number of carbonyl (C=O) groups excluding carboxylic acids is 1. The Balaban J connectivity index is 2.01. The van der Waals surface area contributed by atoms with Crippen molar-refractivity contribution in [3.63, 3.8) is 0 Å². The SMILES string of the molecule is CC(=O)Nc1ccc(OCc2nc(C(C)(C)C)cs2)cc1C. The van der Waals surface area contributed by atoms with Crippen LogP contribution in [0.4, 0.5) is 5.69 Å². The van der Waals surface area contributed by atoms with Gasteiger partial charge in [0, 0.05) is 23.4 Å². The lowest BCUT2D eigenvalue weighted by atomic mass is 9.93. The Labute approximate surface area is 135 Å². The number of anilines is 1. The zero-order valence-corrected chi connectivity index (χ0v) is 14.5. The largest absolute Gasteiger partial charge is 0.486 e. The topological polar surface area (TPSA) is 51.2 Å². The highest BCUT2D eigenvalue weighted by molar-refractivity contribution is 7.09. The zero-order valence-electron chi connectivity index (χ0n) is 13.7. The molecule has 0 spiro atoms. The molecule has 0 bridgehead atoms. The summed E-state index contributed by atoms with van der Waals surface area (Å²) in [5, 5.41) is 5.84. The summed E-state index contributed by atoms with van der Waals surface area (Å²) in [4.78, 5) is 15.7. The quantitative estimate of drug-likeness (QED) is 0.915. The van der Waals surface area contributed by atoms with Crippen LogP contribution < -0.4 is 10.1 Å². The molecule has 0 aliphatic carbocycles. The molecule has 0 radical (unpaired) electrons. The second-order valence-electron chi connectivity index (χ2n) is 6.32. The van der Waals surface area contributed by atoms with E-state index in [1.807, 2.05) is 25.1 Å². The van der Waals surface area contributed by atoms with Gasteiger partial charge in [-0.3, -0.25) is 4.79 Å². The van der Waals surface area contributed by atoms with Gasteiger partial charge >= 0.3 is 0 Å². The van der Waals surface area contributed by atoms with Crippen LogP contribution in [0, 0.1) is 6.92 Å². The highest BCUT2D eigenvalue weighted by Crippen LogP contribution is 2.26. The van der Waals surface area contributed by atoms with Crippen molar-refractivity contribution in [2.24, 2.45) is 0 Å². The Hall–Kier alpha value is -1.88. The van der Waals surface area contributed by atoms with Crippen LogP contribution in [0.1, 0.15) is 44.0 Å². The average Bonchev–Trinajstić information content (AvgIpc) is 2.87. The molecule has 0 aliphatic heterocycles. The standard InChI is InChI=1S/C17H22N2O2S/c1-11-8-13(6-7-14(11)18-12(2)20)21-9-16-19-15(10-22-16)17(3,4)5/h6-8,10H,9H2,1-5H3,(H,18,20). The summed E-state index contributed by atoms with van der Waals surface area (Å²) in [7, 11) is 0. The van der Waals surface area contributed by atoms with E-state index < -0.39 is 0 Å². The maximum atomic E-state index is 11.1. The van der Waals surface area contributed by atoms with E-state index in [4.69, 9.17) is 4.74 Å². The van der Waals surface area contributed by atoms with Crippen molar-refractivity contribution in [2.75, 3.05) is 5.32 Å². The predicted molar refractivity (Wildman–Crippen MR) is 90.6 cm³/mol. The van der Waals surface area contributed by atoms with Crippen molar-refractivity contribution in [1.29, 1.82) is 0 Å². The minimum atomic E-state index is -0.0748. The summed E-state index contributed by atoms with van der Waals surface area (Å²) >= 11 is 1.62. The molecule has 4 nitrogen and oxygen atoms in total. The van der Waals surface area contributed by atoms with E-state index in [0.29, 0.717) is 6.61 Å². The number of hydrogen-bond donors (Lipinski definition) is 1. The minimum absolute atomic E-state index is 0.0609. The minimum Gasteiger partial charge on any atom is -0.486 e. The molecular weight excluding hydrogens is 296 g/mol. The summed E-state index contributed by atoms with van der Waals surface area (Å²) in [6.07, 6.45) is 0. The molecule has 1 N–H and O–H groups in total. The third-order valence-corrected chi connectivity index (χ3v) is 4.01. The van der Waals surface area contributed by atoms with Gasteiger partial charge in [-0.1, -0.05) is 20.8 Å². The third-order valence-electron chi connectivity index (χ3n) is 3.19. The van der Waals surface area contributed by atoms with Gasteiger partial charge in [0.25, 0.3) is 0 Å². The number of carbonyl (C=O) groups is 1. The lowest BCUT2D eigenvalue weighted by Crippen LogP contribution is -2.11. The van der Waals surface area contributed by atoms with E-state index in [-0.39, 0.29) is 11.3 Å². The molecule has 1 amide bonds. The Morgan fingerprint density at radius 3 is 2.64 bits per heavy atom. The normalized spacial score (nSPS) is 11.3. The van der Waals surface area contributed by atoms with E-state index in [0.717, 1.165) is 27.7 Å². The molecular formula is C17H22N2O2S. The van der Waals surface area contributed by atoms with Crippen molar-refractivity contribution < 1.29 is 9.53 Å². The van der Waals surface area contributed by atoms with Crippen molar-refractivity contribution in [2.45, 2.75) is 46.6 Å². The second kappa shape index (κ2) is 6.48. The van der Waals surface area contributed by atoms with Gasteiger partial charge in [0.2, 0.25) is 5.91 Å². The van der Waals surface area contributed by atoms with E-state index in [1.54, 1.807) is 11.3 Å². The van der Waals surface area contributed by atoms with Crippen LogP contribution in [0.2, 0.25) is 0 Å². The van der Waals surface area contributed by atoms with Gasteiger partial charge < -0.3 is 10.1 Å². The first-order valence-electron chi connectivity index (χ1n) is 7.21. The maximum absolute atomic E-state index is 11.1. The smallest absolute Gasteiger partial charge is 0.221 e. The Morgan fingerprint density at radius 1 is 1.36 bits per heavy atom. The summed E-state index contributed by atoms with van der Waals surface area (Å²) in [5.74, 6) is 0.702. The Morgan fingerprint density at radius 2 is 2.09 bits per heavy atom. The zero-order chi connectivity index (χ0) is 16.3. The third kappa shape index (κ3) is 4.31. The molecule has 1 heterocycles. The fourth-order valence-corrected chi connectivity index (χ4v) is 2.85. The van der Waals surface area contributed by atoms with Crippen LogP contribution in [0.5, 0.6) is 5.75 Å². The van der Waals surface area contributed by atoms with E-state index in [2.05, 4.69) is 36.5 Å². The number of ether oxygens (including phenoxy) is 1. The lowest BCUT2D eigenvalue weighted by molar-refractivity contribution is -0.114. The number of amides is 1. The highest BCUT2D eigenvalue weighted by Gasteiger charge is 2.17. The molecule has 1 aromatic carbocycles. The first-order chi connectivity index (χ1) is 10.3. The van der Waals surface area contributed by atoms with Crippen molar-refractivity contribution in [3.8, 4) is 5.75 Å². The van der Waals surface area contributed by atoms with Gasteiger partial charge in [0.15, 0.2) is 0 Å². The molecule has 0 atom stereocenters. The predicted octanol–water partition coefficient (Wildman–Crippen LogP) is 4.29. The number of nitrogens with zero attached hydrogens (tertiary/aromatic N) is 1. The van der Waals surface area contributed by atoms with E-state index in [9.17, 15) is 4.79 Å². The van der Waals surface area contributed by atoms with Gasteiger partial charge in [-0.05, 0) is 30.7 Å². The molecule has 0 fully saturated rings. The first-order valence-corrected chi connectivity index (χ1v) is 8.09. The molecule has 0 unspecified atom stereocenters. The van der Waals surface area contributed by atoms with E-state index >= 15 is 0 Å². The monoisotopic (exact) mass is 318 g/mol. The first kappa shape index (κ1) is 16.5. The van der Waals surface area contributed by atoms with Crippen molar-refractivity contribution in [3.05, 3.63) is 39.8 Å². The number of benzene rings is 1. The summed E-state index contributed by atoms with van der Waals surface area (Å²) in [6.45, 7) is 10.3. The number of thiazole rings is 1. The molecule has 22 heavy (non-hydrogen) atoms. The van der Waals surface area contributed by atoms with Crippen molar-refractivity contribution >= 4 is 22.9 Å². The number of aryl methyl sites for hydroxylation is 1. The molecule has 1 aromatic heterocycles. The van der Waals surface area contributed by atoms with Crippen LogP contribution in [-0.2, 0) is 16.8 Å². The van der Waals surface area contributed by atoms with Gasteiger partial charge in [-0.15, -0.1) is 11.3 Å². The fourth-order valence-electron chi connectivity index (χ4n) is 1.92. The van der Waals surface area contributed by atoms with Crippen LogP contribution in [0.25, 0.3) is 0 Å². The molecule has 118 valence electrons. The van der Waals surface area contributed by atoms with Crippen LogP contribution >= 0.6 is 11.3 Å². The lowest BCUT2D eigenvalue weighted by Gasteiger charge is -2.14. The number of aromatic nitrogens is 1. The van der Waals surface area contributed by atoms with Crippen LogP contribution in [0.15, 0.2) is 23.6 Å². The molecule has 2 aromatic rings. The van der Waals surface area contributed by atoms with Crippen LogP contribution in [0.3, 0.4) is 0 Å². The van der Waals surface area contributed by atoms with Gasteiger partial charge in [-0.2, -0.15) is 0 Å². The summed E-state index contributed by atoms with van der Waals surface area (Å²) < 4.78 is 5.79. The van der Waals surface area contributed by atoms with Gasteiger partial charge in [-0.25, -0.2) is 4.98 Å². The van der Waals surface area contributed by atoms with Crippen molar-refractivity contribution in [1.82, 2.24) is 4.98 Å².